The average molecular weight is 239 g/mol. The van der Waals surface area contributed by atoms with Crippen LogP contribution in [0.1, 0.15) is 45.9 Å². The minimum atomic E-state index is -0.0189. The Kier molecular flexibility index (Phi) is 5.15. The first-order valence-corrected chi connectivity index (χ1v) is 6.26. The maximum absolute atomic E-state index is 5.17. The molecule has 1 atom stereocenters. The number of methoxy groups -OCH3 is 1. The van der Waals surface area contributed by atoms with Crippen molar-refractivity contribution >= 4 is 0 Å². The van der Waals surface area contributed by atoms with E-state index in [2.05, 4.69) is 50.4 Å². The second-order valence-electron chi connectivity index (χ2n) is 5.21. The summed E-state index contributed by atoms with van der Waals surface area (Å²) in [6.45, 7) is 10.1. The summed E-state index contributed by atoms with van der Waals surface area (Å²) >= 11 is 0. The van der Waals surface area contributed by atoms with Crippen LogP contribution >= 0.6 is 0 Å². The van der Waals surface area contributed by atoms with Crippen molar-refractivity contribution < 1.29 is 4.74 Å². The molecule has 0 aromatic carbocycles. The van der Waals surface area contributed by atoms with E-state index in [1.165, 1.54) is 0 Å². The third-order valence-corrected chi connectivity index (χ3v) is 2.96. The molecule has 1 aromatic heterocycles. The number of ether oxygens (including phenoxy) is 1. The summed E-state index contributed by atoms with van der Waals surface area (Å²) in [7, 11) is 1.72. The SMILES string of the molecule is CCC(C)n1ccc(CNC(C)(C)COC)n1. The van der Waals surface area contributed by atoms with Gasteiger partial charge in [0, 0.05) is 31.4 Å². The van der Waals surface area contributed by atoms with Gasteiger partial charge in [0.2, 0.25) is 0 Å². The van der Waals surface area contributed by atoms with Crippen molar-refractivity contribution in [2.75, 3.05) is 13.7 Å². The fourth-order valence-electron chi connectivity index (χ4n) is 1.65. The maximum Gasteiger partial charge on any atom is 0.0762 e. The van der Waals surface area contributed by atoms with Crippen LogP contribution in [-0.2, 0) is 11.3 Å². The van der Waals surface area contributed by atoms with Crippen molar-refractivity contribution in [3.8, 4) is 0 Å². The summed E-state index contributed by atoms with van der Waals surface area (Å²) in [6.07, 6.45) is 3.15. The van der Waals surface area contributed by atoms with Crippen molar-refractivity contribution in [2.24, 2.45) is 0 Å². The normalized spacial score (nSPS) is 13.9. The summed E-state index contributed by atoms with van der Waals surface area (Å²) in [5.41, 5.74) is 1.06. The van der Waals surface area contributed by atoms with Gasteiger partial charge in [-0.25, -0.2) is 0 Å². The second-order valence-corrected chi connectivity index (χ2v) is 5.21. The van der Waals surface area contributed by atoms with E-state index in [4.69, 9.17) is 4.74 Å². The fourth-order valence-corrected chi connectivity index (χ4v) is 1.65. The van der Waals surface area contributed by atoms with Crippen LogP contribution in [0.15, 0.2) is 12.3 Å². The largest absolute Gasteiger partial charge is 0.383 e. The first-order valence-electron chi connectivity index (χ1n) is 6.26. The van der Waals surface area contributed by atoms with E-state index < -0.39 is 0 Å². The first-order chi connectivity index (χ1) is 7.98. The maximum atomic E-state index is 5.17. The van der Waals surface area contributed by atoms with Crippen LogP contribution in [0.25, 0.3) is 0 Å². The summed E-state index contributed by atoms with van der Waals surface area (Å²) in [5.74, 6) is 0. The highest BCUT2D eigenvalue weighted by molar-refractivity contribution is 5.00. The monoisotopic (exact) mass is 239 g/mol. The Hall–Kier alpha value is -0.870. The number of hydrogen-bond acceptors (Lipinski definition) is 3. The second kappa shape index (κ2) is 6.17. The third kappa shape index (κ3) is 4.48. The van der Waals surface area contributed by atoms with Gasteiger partial charge in [0.15, 0.2) is 0 Å². The summed E-state index contributed by atoms with van der Waals surface area (Å²) < 4.78 is 7.20. The Labute approximate surface area is 104 Å². The van der Waals surface area contributed by atoms with Crippen LogP contribution in [0.5, 0.6) is 0 Å². The third-order valence-electron chi connectivity index (χ3n) is 2.96. The molecule has 1 heterocycles. The molecule has 1 unspecified atom stereocenters. The zero-order chi connectivity index (χ0) is 12.9. The molecule has 4 heteroatoms. The molecule has 4 nitrogen and oxygen atoms in total. The lowest BCUT2D eigenvalue weighted by molar-refractivity contribution is 0.127. The average Bonchev–Trinajstić information content (AvgIpc) is 2.74. The van der Waals surface area contributed by atoms with Crippen molar-refractivity contribution in [1.82, 2.24) is 15.1 Å². The Bertz CT molecular complexity index is 333. The molecule has 0 radical (unpaired) electrons. The van der Waals surface area contributed by atoms with Gasteiger partial charge in [-0.05, 0) is 33.3 Å². The van der Waals surface area contributed by atoms with Crippen LogP contribution in [0.2, 0.25) is 0 Å². The van der Waals surface area contributed by atoms with Gasteiger partial charge in [-0.1, -0.05) is 6.92 Å². The molecule has 0 spiro atoms. The first kappa shape index (κ1) is 14.2. The number of aromatic nitrogens is 2. The molecule has 1 aromatic rings. The van der Waals surface area contributed by atoms with Crippen LogP contribution in [0.3, 0.4) is 0 Å². The number of hydrogen-bond donors (Lipinski definition) is 1. The lowest BCUT2D eigenvalue weighted by Crippen LogP contribution is -2.42. The van der Waals surface area contributed by atoms with Gasteiger partial charge in [0.25, 0.3) is 0 Å². The minimum Gasteiger partial charge on any atom is -0.383 e. The van der Waals surface area contributed by atoms with Crippen molar-refractivity contribution in [3.63, 3.8) is 0 Å². The highest BCUT2D eigenvalue weighted by Crippen LogP contribution is 2.10. The van der Waals surface area contributed by atoms with E-state index in [0.29, 0.717) is 12.6 Å². The zero-order valence-corrected chi connectivity index (χ0v) is 11.7. The van der Waals surface area contributed by atoms with E-state index in [1.807, 2.05) is 4.68 Å². The molecule has 1 rings (SSSR count). The quantitative estimate of drug-likeness (QED) is 0.794. The Morgan fingerprint density at radius 1 is 1.53 bits per heavy atom. The summed E-state index contributed by atoms with van der Waals surface area (Å²) in [6, 6.07) is 2.54. The lowest BCUT2D eigenvalue weighted by atomic mass is 10.1. The van der Waals surface area contributed by atoms with E-state index >= 15 is 0 Å². The van der Waals surface area contributed by atoms with Crippen LogP contribution < -0.4 is 5.32 Å². The van der Waals surface area contributed by atoms with Gasteiger partial charge in [-0.3, -0.25) is 4.68 Å². The van der Waals surface area contributed by atoms with Gasteiger partial charge in [0.05, 0.1) is 12.3 Å². The molecule has 0 bridgehead atoms. The van der Waals surface area contributed by atoms with Crippen LogP contribution in [-0.4, -0.2) is 29.0 Å². The van der Waals surface area contributed by atoms with E-state index in [-0.39, 0.29) is 5.54 Å². The molecule has 98 valence electrons. The number of rotatable bonds is 7. The highest BCUT2D eigenvalue weighted by atomic mass is 16.5. The van der Waals surface area contributed by atoms with Crippen LogP contribution in [0.4, 0.5) is 0 Å². The molecule has 1 N–H and O–H groups in total. The van der Waals surface area contributed by atoms with Gasteiger partial charge in [0.1, 0.15) is 0 Å². The highest BCUT2D eigenvalue weighted by Gasteiger charge is 2.16. The molecule has 0 aliphatic heterocycles. The predicted octanol–water partition coefficient (Wildman–Crippen LogP) is 2.37. The van der Waals surface area contributed by atoms with Crippen molar-refractivity contribution in [1.29, 1.82) is 0 Å². The summed E-state index contributed by atoms with van der Waals surface area (Å²) in [5, 5.41) is 8.00. The molecule has 0 aliphatic carbocycles. The number of nitrogens with one attached hydrogen (secondary N) is 1. The van der Waals surface area contributed by atoms with Crippen LogP contribution in [0, 0.1) is 0 Å². The number of nitrogens with zero attached hydrogens (tertiary/aromatic N) is 2. The van der Waals surface area contributed by atoms with Gasteiger partial charge in [-0.2, -0.15) is 5.10 Å². The predicted molar refractivity (Wildman–Crippen MR) is 70.0 cm³/mol. The molecule has 0 amide bonds. The fraction of sp³-hybridized carbons (Fsp3) is 0.769. The molecular formula is C13H25N3O. The minimum absolute atomic E-state index is 0.0189. The van der Waals surface area contributed by atoms with Crippen molar-refractivity contribution in [2.45, 2.75) is 52.2 Å². The molecule has 0 aliphatic rings. The molecular weight excluding hydrogens is 214 g/mol. The Morgan fingerprint density at radius 2 is 2.24 bits per heavy atom. The topological polar surface area (TPSA) is 39.1 Å². The Balaban J connectivity index is 2.50. The smallest absolute Gasteiger partial charge is 0.0762 e. The van der Waals surface area contributed by atoms with E-state index in [0.717, 1.165) is 18.7 Å². The Morgan fingerprint density at radius 3 is 2.82 bits per heavy atom. The van der Waals surface area contributed by atoms with E-state index in [1.54, 1.807) is 7.11 Å². The molecule has 0 fully saturated rings. The van der Waals surface area contributed by atoms with Gasteiger partial charge < -0.3 is 10.1 Å². The lowest BCUT2D eigenvalue weighted by Gasteiger charge is -2.24. The van der Waals surface area contributed by atoms with E-state index in [9.17, 15) is 0 Å². The molecule has 0 saturated carbocycles. The molecule has 0 saturated heterocycles. The van der Waals surface area contributed by atoms with Gasteiger partial charge >= 0.3 is 0 Å². The molecule has 17 heavy (non-hydrogen) atoms. The zero-order valence-electron chi connectivity index (χ0n) is 11.7. The van der Waals surface area contributed by atoms with Gasteiger partial charge in [-0.15, -0.1) is 0 Å². The summed E-state index contributed by atoms with van der Waals surface area (Å²) in [4.78, 5) is 0. The standard InChI is InChI=1S/C13H25N3O/c1-6-11(2)16-8-7-12(15-16)9-14-13(3,4)10-17-5/h7-8,11,14H,6,9-10H2,1-5H3. The van der Waals surface area contributed by atoms with Crippen molar-refractivity contribution in [3.05, 3.63) is 18.0 Å².